The normalized spacial score (nSPS) is 11.9. The van der Waals surface area contributed by atoms with Gasteiger partial charge in [0, 0.05) is 24.4 Å². The highest BCUT2D eigenvalue weighted by Crippen LogP contribution is 2.07. The number of amides is 1. The van der Waals surface area contributed by atoms with Crippen LogP contribution in [0.5, 0.6) is 0 Å². The maximum Gasteiger partial charge on any atom is 0.270 e. The highest BCUT2D eigenvalue weighted by molar-refractivity contribution is 5.92. The topological polar surface area (TPSA) is 80.9 Å². The molecule has 0 saturated heterocycles. The lowest BCUT2D eigenvalue weighted by Gasteiger charge is -2.14. The van der Waals surface area contributed by atoms with Crippen molar-refractivity contribution < 1.29 is 4.79 Å². The molecule has 2 heterocycles. The van der Waals surface area contributed by atoms with E-state index in [-0.39, 0.29) is 11.9 Å². The van der Waals surface area contributed by atoms with Crippen LogP contribution in [0.2, 0.25) is 0 Å². The van der Waals surface area contributed by atoms with Crippen molar-refractivity contribution >= 4 is 11.7 Å². The lowest BCUT2D eigenvalue weighted by Crippen LogP contribution is -2.35. The van der Waals surface area contributed by atoms with Crippen molar-refractivity contribution in [1.29, 1.82) is 0 Å². The van der Waals surface area contributed by atoms with Crippen LogP contribution in [0.4, 0.5) is 5.82 Å². The molecule has 0 bridgehead atoms. The summed E-state index contributed by atoms with van der Waals surface area (Å²) in [7, 11) is 0. The number of carbonyl (C=O) groups is 1. The maximum absolute atomic E-state index is 12.0. The summed E-state index contributed by atoms with van der Waals surface area (Å²) in [6.45, 7) is 3.95. The van der Waals surface area contributed by atoms with E-state index >= 15 is 0 Å². The summed E-state index contributed by atoms with van der Waals surface area (Å²) in [6, 6.07) is 8.89. The molecule has 2 rings (SSSR count). The van der Waals surface area contributed by atoms with Crippen LogP contribution in [-0.2, 0) is 6.42 Å². The average molecular weight is 270 g/mol. The number of rotatable bonds is 4. The van der Waals surface area contributed by atoms with E-state index in [0.717, 1.165) is 11.3 Å². The van der Waals surface area contributed by atoms with Crippen LogP contribution >= 0.6 is 0 Å². The molecule has 20 heavy (non-hydrogen) atoms. The molecule has 2 aromatic rings. The van der Waals surface area contributed by atoms with Gasteiger partial charge in [-0.1, -0.05) is 12.1 Å². The van der Waals surface area contributed by atoms with E-state index in [4.69, 9.17) is 5.73 Å². The van der Waals surface area contributed by atoms with Crippen molar-refractivity contribution in [3.8, 4) is 0 Å². The van der Waals surface area contributed by atoms with Gasteiger partial charge in [0.1, 0.15) is 11.5 Å². The first-order valence-corrected chi connectivity index (χ1v) is 6.50. The molecule has 0 aliphatic carbocycles. The van der Waals surface area contributed by atoms with Gasteiger partial charge in [-0.2, -0.15) is 0 Å². The van der Waals surface area contributed by atoms with Crippen LogP contribution in [0.15, 0.2) is 36.5 Å². The van der Waals surface area contributed by atoms with Crippen molar-refractivity contribution in [1.82, 2.24) is 15.3 Å². The third-order valence-corrected chi connectivity index (χ3v) is 3.00. The summed E-state index contributed by atoms with van der Waals surface area (Å²) in [5.74, 6) is 0.115. The second kappa shape index (κ2) is 6.14. The summed E-state index contributed by atoms with van der Waals surface area (Å²) in [4.78, 5) is 20.4. The average Bonchev–Trinajstić information content (AvgIpc) is 2.41. The number of nitrogens with zero attached hydrogens (tertiary/aromatic N) is 2. The highest BCUT2D eigenvalue weighted by atomic mass is 16.1. The van der Waals surface area contributed by atoms with Crippen molar-refractivity contribution in [2.45, 2.75) is 26.3 Å². The Morgan fingerprint density at radius 2 is 2.15 bits per heavy atom. The minimum absolute atomic E-state index is 0.0284. The summed E-state index contributed by atoms with van der Waals surface area (Å²) >= 11 is 0. The van der Waals surface area contributed by atoms with Crippen molar-refractivity contribution in [3.05, 3.63) is 53.5 Å². The summed E-state index contributed by atoms with van der Waals surface area (Å²) in [5, 5.41) is 2.90. The second-order valence-electron chi connectivity index (χ2n) is 4.79. The molecular formula is C15H18N4O. The number of hydrogen-bond acceptors (Lipinski definition) is 4. The first kappa shape index (κ1) is 14.0. The summed E-state index contributed by atoms with van der Waals surface area (Å²) < 4.78 is 0. The van der Waals surface area contributed by atoms with E-state index in [1.165, 1.54) is 0 Å². The molecule has 0 radical (unpaired) electrons. The summed E-state index contributed by atoms with van der Waals surface area (Å²) in [6.07, 6.45) is 2.44. The van der Waals surface area contributed by atoms with Gasteiger partial charge in [-0.15, -0.1) is 0 Å². The van der Waals surface area contributed by atoms with Crippen LogP contribution in [0, 0.1) is 6.92 Å². The SMILES string of the molecule is Cc1cccnc1C[C@H](C)NC(=O)c1cccc(N)n1. The Morgan fingerprint density at radius 3 is 2.85 bits per heavy atom. The maximum atomic E-state index is 12.0. The number of anilines is 1. The van der Waals surface area contributed by atoms with Crippen molar-refractivity contribution in [2.24, 2.45) is 0 Å². The minimum atomic E-state index is -0.224. The van der Waals surface area contributed by atoms with Gasteiger partial charge in [-0.25, -0.2) is 4.98 Å². The largest absolute Gasteiger partial charge is 0.384 e. The first-order chi connectivity index (χ1) is 9.56. The predicted molar refractivity (Wildman–Crippen MR) is 78.3 cm³/mol. The third kappa shape index (κ3) is 3.54. The molecule has 104 valence electrons. The van der Waals surface area contributed by atoms with Crippen LogP contribution < -0.4 is 11.1 Å². The Hall–Kier alpha value is -2.43. The third-order valence-electron chi connectivity index (χ3n) is 3.00. The minimum Gasteiger partial charge on any atom is -0.384 e. The van der Waals surface area contributed by atoms with Crippen LogP contribution in [0.25, 0.3) is 0 Å². The molecule has 3 N–H and O–H groups in total. The van der Waals surface area contributed by atoms with Gasteiger partial charge in [0.15, 0.2) is 0 Å². The van der Waals surface area contributed by atoms with Crippen molar-refractivity contribution in [2.75, 3.05) is 5.73 Å². The van der Waals surface area contributed by atoms with Crippen molar-refractivity contribution in [3.63, 3.8) is 0 Å². The molecular weight excluding hydrogens is 252 g/mol. The fourth-order valence-electron chi connectivity index (χ4n) is 1.95. The molecule has 0 aliphatic rings. The van der Waals surface area contributed by atoms with E-state index in [1.54, 1.807) is 24.4 Å². The quantitative estimate of drug-likeness (QED) is 0.886. The zero-order valence-corrected chi connectivity index (χ0v) is 11.6. The Kier molecular flexibility index (Phi) is 4.30. The highest BCUT2D eigenvalue weighted by Gasteiger charge is 2.13. The Morgan fingerprint density at radius 1 is 1.35 bits per heavy atom. The first-order valence-electron chi connectivity index (χ1n) is 6.50. The van der Waals surface area contributed by atoms with Gasteiger partial charge in [-0.05, 0) is 37.6 Å². The van der Waals surface area contributed by atoms with Gasteiger partial charge in [0.2, 0.25) is 0 Å². The molecule has 0 aromatic carbocycles. The smallest absolute Gasteiger partial charge is 0.270 e. The molecule has 0 aliphatic heterocycles. The number of hydrogen-bond donors (Lipinski definition) is 2. The molecule has 0 fully saturated rings. The Bertz CT molecular complexity index is 612. The fraction of sp³-hybridized carbons (Fsp3) is 0.267. The molecule has 1 atom stereocenters. The van der Waals surface area contributed by atoms with Gasteiger partial charge in [0.25, 0.3) is 5.91 Å². The molecule has 5 nitrogen and oxygen atoms in total. The molecule has 5 heteroatoms. The summed E-state index contributed by atoms with van der Waals surface area (Å²) in [5.41, 5.74) is 8.01. The van der Waals surface area contributed by atoms with E-state index < -0.39 is 0 Å². The van der Waals surface area contributed by atoms with Gasteiger partial charge < -0.3 is 11.1 Å². The van der Waals surface area contributed by atoms with Crippen LogP contribution in [0.1, 0.15) is 28.7 Å². The zero-order chi connectivity index (χ0) is 14.5. The van der Waals surface area contributed by atoms with E-state index in [1.807, 2.05) is 26.0 Å². The zero-order valence-electron chi connectivity index (χ0n) is 11.6. The number of aryl methyl sites for hydroxylation is 1. The van der Waals surface area contributed by atoms with E-state index in [9.17, 15) is 4.79 Å². The molecule has 0 spiro atoms. The van der Waals surface area contributed by atoms with Gasteiger partial charge >= 0.3 is 0 Å². The fourth-order valence-corrected chi connectivity index (χ4v) is 1.95. The Labute approximate surface area is 118 Å². The van der Waals surface area contributed by atoms with E-state index in [2.05, 4.69) is 15.3 Å². The molecule has 2 aromatic heterocycles. The van der Waals surface area contributed by atoms with Crippen LogP contribution in [-0.4, -0.2) is 21.9 Å². The number of nitrogens with one attached hydrogen (secondary N) is 1. The number of aromatic nitrogens is 2. The number of pyridine rings is 2. The van der Waals surface area contributed by atoms with Crippen LogP contribution in [0.3, 0.4) is 0 Å². The Balaban J connectivity index is 2.00. The lowest BCUT2D eigenvalue weighted by molar-refractivity contribution is 0.0935. The second-order valence-corrected chi connectivity index (χ2v) is 4.79. The monoisotopic (exact) mass is 270 g/mol. The molecule has 1 amide bonds. The van der Waals surface area contributed by atoms with Gasteiger partial charge in [-0.3, -0.25) is 9.78 Å². The number of nitrogen functional groups attached to an aromatic ring is 1. The number of nitrogens with two attached hydrogens (primary N) is 1. The van der Waals surface area contributed by atoms with E-state index in [0.29, 0.717) is 17.9 Å². The molecule has 0 unspecified atom stereocenters. The molecule has 0 saturated carbocycles. The van der Waals surface area contributed by atoms with Gasteiger partial charge in [0.05, 0.1) is 0 Å². The lowest BCUT2D eigenvalue weighted by atomic mass is 10.1. The number of carbonyl (C=O) groups excluding carboxylic acids is 1. The standard InChI is InChI=1S/C15H18N4O/c1-10-5-4-8-17-13(10)9-11(2)18-15(20)12-6-3-7-14(16)19-12/h3-8,11H,9H2,1-2H3,(H2,16,19)(H,18,20)/t11-/m0/s1. The predicted octanol–water partition coefficient (Wildman–Crippen LogP) is 1.73.